The number of aldehydes is 1. The Morgan fingerprint density at radius 1 is 1.03 bits per heavy atom. The zero-order valence-electron chi connectivity index (χ0n) is 19.8. The van der Waals surface area contributed by atoms with Crippen molar-refractivity contribution in [2.75, 3.05) is 13.1 Å². The van der Waals surface area contributed by atoms with Crippen molar-refractivity contribution in [2.24, 2.45) is 5.41 Å². The molecule has 2 aliphatic rings. The largest absolute Gasteiger partial charge is 0.373 e. The zero-order chi connectivity index (χ0) is 23.0. The van der Waals surface area contributed by atoms with Gasteiger partial charge in [0.2, 0.25) is 0 Å². The molecule has 1 heterocycles. The quantitative estimate of drug-likeness (QED) is 0.234. The molecule has 1 atom stereocenters. The summed E-state index contributed by atoms with van der Waals surface area (Å²) in [5.74, 6) is 0. The number of carbonyl (C=O) groups is 1. The molecule has 0 amide bonds. The summed E-state index contributed by atoms with van der Waals surface area (Å²) in [5.41, 5.74) is 4.78. The van der Waals surface area contributed by atoms with E-state index in [-0.39, 0.29) is 0 Å². The monoisotopic (exact) mass is 565 g/mol. The Labute approximate surface area is 206 Å². The molecule has 1 aromatic rings. The van der Waals surface area contributed by atoms with E-state index in [1.54, 1.807) is 0 Å². The first-order valence-corrected chi connectivity index (χ1v) is 15.5. The summed E-state index contributed by atoms with van der Waals surface area (Å²) >= 11 is 8.17. The van der Waals surface area contributed by atoms with Crippen molar-refractivity contribution in [3.63, 3.8) is 0 Å². The minimum Gasteiger partial charge on any atom is -0.373 e. The summed E-state index contributed by atoms with van der Waals surface area (Å²) in [6.45, 7) is 16.4. The molecular formula is C26H37Br2NOSi. The lowest BCUT2D eigenvalue weighted by molar-refractivity contribution is -0.114. The molecule has 0 aromatic heterocycles. The van der Waals surface area contributed by atoms with Crippen LogP contribution >= 0.6 is 31.9 Å². The third-order valence-corrected chi connectivity index (χ3v) is 17.7. The standard InChI is InChI=1S/C26H37Br2NOSi/c1-18(2)31(19(3)4,20(5)6)25(28)22-23(27)24(29-14-10-11-15-29)26(22,17-30)16-21-12-8-7-9-13-21/h7-9,12-13,17-20H,10-11,14-16H2,1-6H3/b25-22+/t26-/m0/s1. The van der Waals surface area contributed by atoms with E-state index in [4.69, 9.17) is 0 Å². The maximum absolute atomic E-state index is 13.1. The summed E-state index contributed by atoms with van der Waals surface area (Å²) in [6.07, 6.45) is 4.37. The van der Waals surface area contributed by atoms with Gasteiger partial charge in [0.25, 0.3) is 0 Å². The van der Waals surface area contributed by atoms with Gasteiger partial charge >= 0.3 is 0 Å². The van der Waals surface area contributed by atoms with Crippen LogP contribution in [0.1, 0.15) is 59.9 Å². The van der Waals surface area contributed by atoms with Gasteiger partial charge in [-0.15, -0.1) is 0 Å². The molecule has 2 nitrogen and oxygen atoms in total. The average Bonchev–Trinajstić information content (AvgIpc) is 3.21. The number of likely N-dealkylation sites (tertiary alicyclic amines) is 1. The molecule has 170 valence electrons. The summed E-state index contributed by atoms with van der Waals surface area (Å²) in [6, 6.07) is 10.5. The van der Waals surface area contributed by atoms with Crippen LogP contribution in [-0.4, -0.2) is 32.3 Å². The van der Waals surface area contributed by atoms with Crippen LogP contribution in [0.15, 0.2) is 50.2 Å². The van der Waals surface area contributed by atoms with Crippen molar-refractivity contribution in [3.05, 3.63) is 55.8 Å². The van der Waals surface area contributed by atoms with Crippen LogP contribution in [0.2, 0.25) is 16.6 Å². The second-order valence-electron chi connectivity index (χ2n) is 10.2. The fourth-order valence-electron chi connectivity index (χ4n) is 6.44. The number of hydrogen-bond donors (Lipinski definition) is 0. The first-order valence-electron chi connectivity index (χ1n) is 11.7. The minimum atomic E-state index is -1.94. The molecule has 1 fully saturated rings. The van der Waals surface area contributed by atoms with Gasteiger partial charge in [0, 0.05) is 23.3 Å². The van der Waals surface area contributed by atoms with Crippen LogP contribution in [0, 0.1) is 5.41 Å². The topological polar surface area (TPSA) is 20.3 Å². The molecule has 0 bridgehead atoms. The summed E-state index contributed by atoms with van der Waals surface area (Å²) in [4.78, 5) is 15.5. The van der Waals surface area contributed by atoms with Gasteiger partial charge in [0.05, 0.1) is 5.41 Å². The molecule has 31 heavy (non-hydrogen) atoms. The van der Waals surface area contributed by atoms with Gasteiger partial charge in [-0.05, 0) is 67.1 Å². The van der Waals surface area contributed by atoms with Crippen molar-refractivity contribution in [2.45, 2.75) is 77.4 Å². The third kappa shape index (κ3) is 3.97. The molecule has 0 spiro atoms. The van der Waals surface area contributed by atoms with Crippen molar-refractivity contribution >= 4 is 46.2 Å². The van der Waals surface area contributed by atoms with E-state index < -0.39 is 13.5 Å². The molecule has 1 aromatic carbocycles. The van der Waals surface area contributed by atoms with Gasteiger partial charge in [-0.3, -0.25) is 0 Å². The number of carbonyl (C=O) groups excluding carboxylic acids is 1. The van der Waals surface area contributed by atoms with Crippen molar-refractivity contribution in [1.29, 1.82) is 0 Å². The summed E-state index contributed by atoms with van der Waals surface area (Å²) < 4.78 is 2.50. The molecule has 1 aliphatic carbocycles. The number of allylic oxidation sites excluding steroid dienone is 2. The maximum Gasteiger partial charge on any atom is 0.136 e. The summed E-state index contributed by atoms with van der Waals surface area (Å²) in [5, 5.41) is 0. The van der Waals surface area contributed by atoms with Gasteiger partial charge in [0.15, 0.2) is 0 Å². The van der Waals surface area contributed by atoms with Gasteiger partial charge in [0.1, 0.15) is 14.4 Å². The van der Waals surface area contributed by atoms with Crippen LogP contribution in [0.25, 0.3) is 0 Å². The third-order valence-electron chi connectivity index (χ3n) is 7.71. The Balaban J connectivity index is 2.28. The Hall–Kier alpha value is -0.653. The summed E-state index contributed by atoms with van der Waals surface area (Å²) in [7, 11) is -1.94. The van der Waals surface area contributed by atoms with Crippen molar-refractivity contribution in [1.82, 2.24) is 4.90 Å². The minimum absolute atomic E-state index is 0.576. The lowest BCUT2D eigenvalue weighted by atomic mass is 9.65. The predicted octanol–water partition coefficient (Wildman–Crippen LogP) is 8.00. The molecule has 3 rings (SSSR count). The highest BCUT2D eigenvalue weighted by molar-refractivity contribution is 9.13. The lowest BCUT2D eigenvalue weighted by Gasteiger charge is -2.52. The number of hydrogen-bond acceptors (Lipinski definition) is 2. The highest BCUT2D eigenvalue weighted by atomic mass is 79.9. The number of nitrogens with zero attached hydrogens (tertiary/aromatic N) is 1. The number of rotatable bonds is 8. The van der Waals surface area contributed by atoms with Crippen LogP contribution < -0.4 is 0 Å². The van der Waals surface area contributed by atoms with Crippen LogP contribution in [0.4, 0.5) is 0 Å². The van der Waals surface area contributed by atoms with Crippen molar-refractivity contribution < 1.29 is 4.79 Å². The van der Waals surface area contributed by atoms with E-state index in [0.29, 0.717) is 16.6 Å². The Bertz CT molecular complexity index is 847. The molecule has 1 saturated heterocycles. The smallest absolute Gasteiger partial charge is 0.136 e. The normalized spacial score (nSPS) is 23.8. The molecule has 0 radical (unpaired) electrons. The second-order valence-corrected chi connectivity index (χ2v) is 18.3. The fourth-order valence-corrected chi connectivity index (χ4v) is 19.0. The van der Waals surface area contributed by atoms with E-state index in [1.165, 1.54) is 40.1 Å². The predicted molar refractivity (Wildman–Crippen MR) is 142 cm³/mol. The molecule has 0 N–H and O–H groups in total. The fraction of sp³-hybridized carbons (Fsp3) is 0.577. The van der Waals surface area contributed by atoms with E-state index in [1.807, 2.05) is 6.07 Å². The maximum atomic E-state index is 13.1. The highest BCUT2D eigenvalue weighted by Crippen LogP contribution is 2.62. The van der Waals surface area contributed by atoms with E-state index in [9.17, 15) is 4.79 Å². The van der Waals surface area contributed by atoms with E-state index in [0.717, 1.165) is 24.0 Å². The van der Waals surface area contributed by atoms with Crippen LogP contribution in [0.5, 0.6) is 0 Å². The molecule has 0 unspecified atom stereocenters. The average molecular weight is 567 g/mol. The second kappa shape index (κ2) is 9.68. The molecule has 1 aliphatic heterocycles. The van der Waals surface area contributed by atoms with Crippen molar-refractivity contribution in [3.8, 4) is 0 Å². The Morgan fingerprint density at radius 2 is 1.55 bits per heavy atom. The van der Waals surface area contributed by atoms with Gasteiger partial charge in [-0.2, -0.15) is 0 Å². The Kier molecular flexibility index (Phi) is 7.80. The highest BCUT2D eigenvalue weighted by Gasteiger charge is 2.57. The number of halogens is 2. The Morgan fingerprint density at radius 3 is 2.00 bits per heavy atom. The van der Waals surface area contributed by atoms with Gasteiger partial charge in [-0.25, -0.2) is 0 Å². The van der Waals surface area contributed by atoms with E-state index >= 15 is 0 Å². The molecule has 0 saturated carbocycles. The zero-order valence-corrected chi connectivity index (χ0v) is 24.0. The molecule has 5 heteroatoms. The first kappa shape index (κ1) is 25.0. The number of benzene rings is 1. The van der Waals surface area contributed by atoms with Gasteiger partial charge in [-0.1, -0.05) is 87.8 Å². The van der Waals surface area contributed by atoms with Crippen LogP contribution in [0.3, 0.4) is 0 Å². The molecular weight excluding hydrogens is 530 g/mol. The lowest BCUT2D eigenvalue weighted by Crippen LogP contribution is -2.51. The van der Waals surface area contributed by atoms with Crippen LogP contribution in [-0.2, 0) is 11.2 Å². The van der Waals surface area contributed by atoms with Gasteiger partial charge < -0.3 is 9.69 Å². The SMILES string of the molecule is CC(C)[Si](/C(Br)=C1\C(Br)=C(N2CCCC2)[C@]1(C=O)Cc1ccccc1)(C(C)C)C(C)C. The first-order chi connectivity index (χ1) is 14.6. The van der Waals surface area contributed by atoms with E-state index in [2.05, 4.69) is 103 Å².